The van der Waals surface area contributed by atoms with Gasteiger partial charge in [0.15, 0.2) is 0 Å². The van der Waals surface area contributed by atoms with Crippen LogP contribution in [0.2, 0.25) is 0 Å². The van der Waals surface area contributed by atoms with Crippen LogP contribution in [0, 0.1) is 0 Å². The number of nitrogens with one attached hydrogen (secondary N) is 1. The number of alkyl halides is 3. The van der Waals surface area contributed by atoms with E-state index in [0.29, 0.717) is 0 Å². The number of esters is 1. The van der Waals surface area contributed by atoms with Crippen LogP contribution in [0.4, 0.5) is 13.2 Å². The molecule has 1 saturated heterocycles. The summed E-state index contributed by atoms with van der Waals surface area (Å²) >= 11 is 0. The number of carbonyl (C=O) groups excluding carboxylic acids is 1. The molecule has 0 aromatic carbocycles. The van der Waals surface area contributed by atoms with E-state index in [4.69, 9.17) is 0 Å². The molecule has 12 heavy (non-hydrogen) atoms. The van der Waals surface area contributed by atoms with Crippen molar-refractivity contribution in [1.82, 2.24) is 5.48 Å². The number of halogens is 3. The topological polar surface area (TPSA) is 47.6 Å². The highest BCUT2D eigenvalue weighted by atomic mass is 19.4. The van der Waals surface area contributed by atoms with Gasteiger partial charge in [-0.05, 0) is 0 Å². The predicted molar refractivity (Wildman–Crippen MR) is 29.9 cm³/mol. The molecule has 0 amide bonds. The number of hydroxylamine groups is 1. The van der Waals surface area contributed by atoms with Gasteiger partial charge >= 0.3 is 12.1 Å². The van der Waals surface area contributed by atoms with Gasteiger partial charge in [-0.1, -0.05) is 0 Å². The van der Waals surface area contributed by atoms with Gasteiger partial charge < -0.3 is 4.74 Å². The second-order valence-corrected chi connectivity index (χ2v) is 2.18. The Bertz CT molecular complexity index is 175. The summed E-state index contributed by atoms with van der Waals surface area (Å²) in [6.45, 7) is 0.0314. The molecule has 0 radical (unpaired) electrons. The summed E-state index contributed by atoms with van der Waals surface area (Å²) in [5.41, 5.74) is 2.28. The first-order valence-electron chi connectivity index (χ1n) is 3.12. The molecule has 0 spiro atoms. The lowest BCUT2D eigenvalue weighted by Crippen LogP contribution is -2.32. The molecule has 1 N–H and O–H groups in total. The van der Waals surface area contributed by atoms with E-state index >= 15 is 0 Å². The fourth-order valence-corrected chi connectivity index (χ4v) is 0.657. The van der Waals surface area contributed by atoms with Crippen LogP contribution in [0.25, 0.3) is 0 Å². The normalized spacial score (nSPS) is 24.1. The van der Waals surface area contributed by atoms with E-state index in [2.05, 4.69) is 15.1 Å². The third-order valence-corrected chi connectivity index (χ3v) is 1.19. The van der Waals surface area contributed by atoms with Crippen molar-refractivity contribution < 1.29 is 27.5 Å². The Kier molecular flexibility index (Phi) is 2.53. The standard InChI is InChI=1S/C5H6F3NO3/c6-5(7,8)4(10)12-3-1-9-11-2-3/h3,9H,1-2H2. The molecule has 70 valence electrons. The zero-order valence-electron chi connectivity index (χ0n) is 5.85. The van der Waals surface area contributed by atoms with Gasteiger partial charge in [-0.25, -0.2) is 4.79 Å². The highest BCUT2D eigenvalue weighted by molar-refractivity contribution is 5.75. The highest BCUT2D eigenvalue weighted by Gasteiger charge is 2.42. The van der Waals surface area contributed by atoms with E-state index < -0.39 is 18.2 Å². The van der Waals surface area contributed by atoms with E-state index in [9.17, 15) is 18.0 Å². The molecule has 0 saturated carbocycles. The molecule has 7 heteroatoms. The van der Waals surface area contributed by atoms with E-state index in [1.165, 1.54) is 0 Å². The fourth-order valence-electron chi connectivity index (χ4n) is 0.657. The summed E-state index contributed by atoms with van der Waals surface area (Å²) in [6.07, 6.45) is -5.78. The second kappa shape index (κ2) is 3.28. The molecular formula is C5H6F3NO3. The summed E-state index contributed by atoms with van der Waals surface area (Å²) in [7, 11) is 0. The number of hydrogen-bond acceptors (Lipinski definition) is 4. The van der Waals surface area contributed by atoms with Crippen molar-refractivity contribution in [2.45, 2.75) is 12.3 Å². The first kappa shape index (κ1) is 9.27. The lowest BCUT2D eigenvalue weighted by Gasteiger charge is -2.10. The van der Waals surface area contributed by atoms with Crippen LogP contribution in [0.3, 0.4) is 0 Å². The van der Waals surface area contributed by atoms with Gasteiger partial charge in [-0.2, -0.15) is 18.7 Å². The Labute approximate surface area is 65.6 Å². The zero-order valence-corrected chi connectivity index (χ0v) is 5.85. The van der Waals surface area contributed by atoms with Gasteiger partial charge in [0.1, 0.15) is 12.7 Å². The van der Waals surface area contributed by atoms with E-state index in [1.54, 1.807) is 0 Å². The number of ether oxygens (including phenoxy) is 1. The molecule has 1 unspecified atom stereocenters. The van der Waals surface area contributed by atoms with Crippen LogP contribution >= 0.6 is 0 Å². The first-order chi connectivity index (χ1) is 5.50. The summed E-state index contributed by atoms with van der Waals surface area (Å²) in [5.74, 6) is -2.18. The van der Waals surface area contributed by atoms with Crippen molar-refractivity contribution in [2.75, 3.05) is 13.2 Å². The molecule has 0 aromatic rings. The molecule has 1 fully saturated rings. The Morgan fingerprint density at radius 3 is 2.67 bits per heavy atom. The van der Waals surface area contributed by atoms with Crippen LogP contribution in [-0.2, 0) is 14.4 Å². The van der Waals surface area contributed by atoms with Crippen LogP contribution < -0.4 is 5.48 Å². The zero-order chi connectivity index (χ0) is 9.19. The van der Waals surface area contributed by atoms with Gasteiger partial charge in [0, 0.05) is 0 Å². The van der Waals surface area contributed by atoms with Crippen molar-refractivity contribution in [3.05, 3.63) is 0 Å². The maximum atomic E-state index is 11.6. The Morgan fingerprint density at radius 1 is 1.58 bits per heavy atom. The average molecular weight is 185 g/mol. The molecule has 1 aliphatic heterocycles. The molecular weight excluding hydrogens is 179 g/mol. The SMILES string of the molecule is O=C(OC1CNOC1)C(F)(F)F. The van der Waals surface area contributed by atoms with Gasteiger partial charge in [0.25, 0.3) is 0 Å². The third-order valence-electron chi connectivity index (χ3n) is 1.19. The molecule has 1 aliphatic rings. The summed E-state index contributed by atoms with van der Waals surface area (Å²) in [5, 5.41) is 0. The van der Waals surface area contributed by atoms with Crippen LogP contribution in [-0.4, -0.2) is 31.4 Å². The van der Waals surface area contributed by atoms with E-state index in [-0.39, 0.29) is 13.2 Å². The molecule has 4 nitrogen and oxygen atoms in total. The maximum absolute atomic E-state index is 11.6. The van der Waals surface area contributed by atoms with Gasteiger partial charge in [0.05, 0.1) is 6.54 Å². The fraction of sp³-hybridized carbons (Fsp3) is 0.800. The molecule has 1 atom stereocenters. The summed E-state index contributed by atoms with van der Waals surface area (Å²) in [6, 6.07) is 0. The number of rotatable bonds is 1. The van der Waals surface area contributed by atoms with E-state index in [1.807, 2.05) is 0 Å². The maximum Gasteiger partial charge on any atom is 0.490 e. The minimum absolute atomic E-state index is 0.0537. The molecule has 1 rings (SSSR count). The lowest BCUT2D eigenvalue weighted by molar-refractivity contribution is -0.204. The van der Waals surface area contributed by atoms with Crippen LogP contribution in [0.1, 0.15) is 0 Å². The highest BCUT2D eigenvalue weighted by Crippen LogP contribution is 2.17. The largest absolute Gasteiger partial charge is 0.490 e. The van der Waals surface area contributed by atoms with E-state index in [0.717, 1.165) is 0 Å². The average Bonchev–Trinajstić information content (AvgIpc) is 2.37. The summed E-state index contributed by atoms with van der Waals surface area (Å²) < 4.78 is 38.7. The molecule has 1 heterocycles. The van der Waals surface area contributed by atoms with Crippen LogP contribution in [0.5, 0.6) is 0 Å². The second-order valence-electron chi connectivity index (χ2n) is 2.18. The van der Waals surface area contributed by atoms with Crippen molar-refractivity contribution in [3.63, 3.8) is 0 Å². The van der Waals surface area contributed by atoms with Crippen molar-refractivity contribution in [3.8, 4) is 0 Å². The molecule has 0 bridgehead atoms. The molecule has 0 aliphatic carbocycles. The Morgan fingerprint density at radius 2 is 2.25 bits per heavy atom. The number of hydrogen-bond donors (Lipinski definition) is 1. The van der Waals surface area contributed by atoms with Gasteiger partial charge in [-0.15, -0.1) is 0 Å². The van der Waals surface area contributed by atoms with Crippen LogP contribution in [0.15, 0.2) is 0 Å². The van der Waals surface area contributed by atoms with Crippen molar-refractivity contribution in [1.29, 1.82) is 0 Å². The monoisotopic (exact) mass is 185 g/mol. The molecule has 0 aromatic heterocycles. The van der Waals surface area contributed by atoms with Gasteiger partial charge in [-0.3, -0.25) is 4.84 Å². The van der Waals surface area contributed by atoms with Gasteiger partial charge in [0.2, 0.25) is 0 Å². The summed E-state index contributed by atoms with van der Waals surface area (Å²) in [4.78, 5) is 14.7. The first-order valence-corrected chi connectivity index (χ1v) is 3.12. The Hall–Kier alpha value is -0.820. The minimum Gasteiger partial charge on any atom is -0.452 e. The quantitative estimate of drug-likeness (QED) is 0.584. The minimum atomic E-state index is -4.93. The van der Waals surface area contributed by atoms with Crippen molar-refractivity contribution >= 4 is 5.97 Å². The smallest absolute Gasteiger partial charge is 0.452 e. The lowest BCUT2D eigenvalue weighted by atomic mass is 10.4. The van der Waals surface area contributed by atoms with Crippen molar-refractivity contribution in [2.24, 2.45) is 0 Å². The Balaban J connectivity index is 2.35. The number of carbonyl (C=O) groups is 1. The third kappa shape index (κ3) is 2.35. The predicted octanol–water partition coefficient (Wildman–Crippen LogP) is -0.00470.